The van der Waals surface area contributed by atoms with Crippen LogP contribution in [0.2, 0.25) is 0 Å². The van der Waals surface area contributed by atoms with Crippen LogP contribution in [-0.4, -0.2) is 37.0 Å². The van der Waals surface area contributed by atoms with Crippen molar-refractivity contribution in [2.24, 2.45) is 0 Å². The van der Waals surface area contributed by atoms with Crippen molar-refractivity contribution in [2.75, 3.05) is 31.1 Å². The second-order valence-electron chi connectivity index (χ2n) is 4.91. The van der Waals surface area contributed by atoms with Crippen molar-refractivity contribution in [1.82, 2.24) is 4.90 Å². The third-order valence-corrected chi connectivity index (χ3v) is 3.64. The van der Waals surface area contributed by atoms with E-state index in [4.69, 9.17) is 0 Å². The first kappa shape index (κ1) is 12.7. The maximum Gasteiger partial charge on any atom is 0.253 e. The minimum absolute atomic E-state index is 0.130. The van der Waals surface area contributed by atoms with Gasteiger partial charge in [0.2, 0.25) is 0 Å². The Morgan fingerprint density at radius 3 is 2.35 bits per heavy atom. The highest BCUT2D eigenvalue weighted by molar-refractivity contribution is 5.94. The number of piperazine rings is 1. The van der Waals surface area contributed by atoms with Crippen LogP contribution in [0.5, 0.6) is 0 Å². The molecule has 1 fully saturated rings. The molecule has 0 aromatic heterocycles. The van der Waals surface area contributed by atoms with E-state index in [1.54, 1.807) is 0 Å². The minimum atomic E-state index is 0.130. The minimum Gasteiger partial charge on any atom is -0.368 e. The fourth-order valence-electron chi connectivity index (χ4n) is 2.51. The lowest BCUT2D eigenvalue weighted by Crippen LogP contribution is -2.48. The Kier molecular flexibility index (Phi) is 3.68. The first-order valence-corrected chi connectivity index (χ1v) is 6.90. The van der Waals surface area contributed by atoms with E-state index in [1.807, 2.05) is 53.4 Å². The Morgan fingerprint density at radius 1 is 0.950 bits per heavy atom. The molecule has 1 heterocycles. The number of anilines is 1. The number of carbonyl (C=O) groups excluding carboxylic acids is 1. The molecule has 1 radical (unpaired) electrons. The van der Waals surface area contributed by atoms with Gasteiger partial charge in [0.05, 0.1) is 0 Å². The van der Waals surface area contributed by atoms with E-state index in [-0.39, 0.29) is 5.91 Å². The third kappa shape index (κ3) is 2.67. The smallest absolute Gasteiger partial charge is 0.253 e. The van der Waals surface area contributed by atoms with Crippen LogP contribution in [0.1, 0.15) is 10.4 Å². The van der Waals surface area contributed by atoms with E-state index in [0.717, 1.165) is 31.7 Å². The zero-order valence-corrected chi connectivity index (χ0v) is 11.3. The second-order valence-corrected chi connectivity index (χ2v) is 4.91. The Hall–Kier alpha value is -2.29. The molecule has 0 bridgehead atoms. The van der Waals surface area contributed by atoms with Gasteiger partial charge in [0, 0.05) is 37.4 Å². The topological polar surface area (TPSA) is 23.6 Å². The van der Waals surface area contributed by atoms with Crippen LogP contribution in [-0.2, 0) is 0 Å². The predicted molar refractivity (Wildman–Crippen MR) is 79.8 cm³/mol. The summed E-state index contributed by atoms with van der Waals surface area (Å²) in [6.45, 7) is 3.28. The summed E-state index contributed by atoms with van der Waals surface area (Å²) < 4.78 is 0. The molecule has 3 rings (SSSR count). The van der Waals surface area contributed by atoms with Crippen molar-refractivity contribution in [3.05, 3.63) is 66.2 Å². The summed E-state index contributed by atoms with van der Waals surface area (Å²) in [5.74, 6) is 0.130. The van der Waals surface area contributed by atoms with E-state index in [0.29, 0.717) is 0 Å². The van der Waals surface area contributed by atoms with E-state index >= 15 is 0 Å². The molecule has 1 saturated heterocycles. The zero-order valence-electron chi connectivity index (χ0n) is 11.3. The molecule has 0 aliphatic carbocycles. The Balaban J connectivity index is 1.63. The summed E-state index contributed by atoms with van der Waals surface area (Å²) in [4.78, 5) is 16.6. The number of carbonyl (C=O) groups is 1. The molecule has 2 aromatic carbocycles. The molecular formula is C17H17N2O. The summed E-state index contributed by atoms with van der Waals surface area (Å²) in [5, 5.41) is 0. The fraction of sp³-hybridized carbons (Fsp3) is 0.235. The van der Waals surface area contributed by atoms with Gasteiger partial charge in [-0.15, -0.1) is 0 Å². The molecular weight excluding hydrogens is 248 g/mol. The van der Waals surface area contributed by atoms with Gasteiger partial charge < -0.3 is 9.80 Å². The maximum absolute atomic E-state index is 12.3. The number of amides is 1. The van der Waals surface area contributed by atoms with Crippen LogP contribution < -0.4 is 4.90 Å². The van der Waals surface area contributed by atoms with Crippen LogP contribution in [0.15, 0.2) is 54.6 Å². The molecule has 20 heavy (non-hydrogen) atoms. The van der Waals surface area contributed by atoms with Crippen molar-refractivity contribution in [1.29, 1.82) is 0 Å². The van der Waals surface area contributed by atoms with Gasteiger partial charge >= 0.3 is 0 Å². The quantitative estimate of drug-likeness (QED) is 0.832. The van der Waals surface area contributed by atoms with Crippen LogP contribution in [0, 0.1) is 6.07 Å². The Labute approximate surface area is 119 Å². The molecule has 3 nitrogen and oxygen atoms in total. The van der Waals surface area contributed by atoms with E-state index in [9.17, 15) is 4.79 Å². The van der Waals surface area contributed by atoms with Crippen LogP contribution in [0.4, 0.5) is 5.69 Å². The molecule has 0 N–H and O–H groups in total. The summed E-state index contributed by atoms with van der Waals surface area (Å²) in [7, 11) is 0. The molecule has 3 heteroatoms. The van der Waals surface area contributed by atoms with Gasteiger partial charge in [-0.2, -0.15) is 0 Å². The molecule has 0 unspecified atom stereocenters. The van der Waals surface area contributed by atoms with E-state index in [1.165, 1.54) is 5.69 Å². The van der Waals surface area contributed by atoms with E-state index in [2.05, 4.69) is 17.0 Å². The molecule has 0 atom stereocenters. The van der Waals surface area contributed by atoms with Gasteiger partial charge in [-0.3, -0.25) is 4.79 Å². The van der Waals surface area contributed by atoms with Crippen molar-refractivity contribution in [2.45, 2.75) is 0 Å². The lowest BCUT2D eigenvalue weighted by Gasteiger charge is -2.36. The summed E-state index contributed by atoms with van der Waals surface area (Å²) in [6, 6.07) is 20.6. The molecule has 1 aliphatic heterocycles. The third-order valence-electron chi connectivity index (χ3n) is 3.64. The highest BCUT2D eigenvalue weighted by atomic mass is 16.2. The number of hydrogen-bond acceptors (Lipinski definition) is 2. The standard InChI is InChI=1S/C17H17N2O/c20-17(15-7-3-1-4-8-15)19-13-11-18(12-14-19)16-9-5-2-6-10-16/h1-5,7-10H,11-14H2. The largest absolute Gasteiger partial charge is 0.368 e. The molecule has 101 valence electrons. The number of rotatable bonds is 2. The van der Waals surface area contributed by atoms with Gasteiger partial charge in [0.15, 0.2) is 0 Å². The van der Waals surface area contributed by atoms with Gasteiger partial charge in [0.25, 0.3) is 5.91 Å². The highest BCUT2D eigenvalue weighted by Gasteiger charge is 2.21. The summed E-state index contributed by atoms with van der Waals surface area (Å²) in [5.41, 5.74) is 1.95. The van der Waals surface area contributed by atoms with Crippen molar-refractivity contribution >= 4 is 11.6 Å². The second kappa shape index (κ2) is 5.78. The normalized spacial score (nSPS) is 15.2. The van der Waals surface area contributed by atoms with Crippen molar-refractivity contribution in [3.8, 4) is 0 Å². The van der Waals surface area contributed by atoms with Gasteiger partial charge in [-0.05, 0) is 30.3 Å². The molecule has 1 aliphatic rings. The van der Waals surface area contributed by atoms with Gasteiger partial charge in [-0.1, -0.05) is 30.3 Å². The van der Waals surface area contributed by atoms with Crippen LogP contribution in [0.3, 0.4) is 0 Å². The lowest BCUT2D eigenvalue weighted by atomic mass is 10.1. The first-order valence-electron chi connectivity index (χ1n) is 6.90. The monoisotopic (exact) mass is 265 g/mol. The number of hydrogen-bond donors (Lipinski definition) is 0. The van der Waals surface area contributed by atoms with Crippen LogP contribution in [0.25, 0.3) is 0 Å². The average molecular weight is 265 g/mol. The van der Waals surface area contributed by atoms with Gasteiger partial charge in [-0.25, -0.2) is 0 Å². The number of benzene rings is 2. The Bertz CT molecular complexity index is 560. The fourth-order valence-corrected chi connectivity index (χ4v) is 2.51. The lowest BCUT2D eigenvalue weighted by molar-refractivity contribution is 0.0747. The summed E-state index contributed by atoms with van der Waals surface area (Å²) in [6.07, 6.45) is 0. The molecule has 2 aromatic rings. The van der Waals surface area contributed by atoms with Gasteiger partial charge in [0.1, 0.15) is 0 Å². The van der Waals surface area contributed by atoms with Crippen LogP contribution >= 0.6 is 0 Å². The molecule has 1 amide bonds. The number of nitrogens with zero attached hydrogens (tertiary/aromatic N) is 2. The predicted octanol–water partition coefficient (Wildman–Crippen LogP) is 2.45. The molecule has 0 saturated carbocycles. The Morgan fingerprint density at radius 2 is 1.70 bits per heavy atom. The zero-order chi connectivity index (χ0) is 13.8. The first-order chi connectivity index (χ1) is 9.84. The molecule has 0 spiro atoms. The SMILES string of the molecule is O=C(c1ccccc1)N1CCN(c2c[c]ccc2)CC1. The summed E-state index contributed by atoms with van der Waals surface area (Å²) >= 11 is 0. The highest BCUT2D eigenvalue weighted by Crippen LogP contribution is 2.16. The van der Waals surface area contributed by atoms with Crippen molar-refractivity contribution in [3.63, 3.8) is 0 Å². The maximum atomic E-state index is 12.3. The average Bonchev–Trinajstić information content (AvgIpc) is 2.56. The van der Waals surface area contributed by atoms with Crippen molar-refractivity contribution < 1.29 is 4.79 Å². The van der Waals surface area contributed by atoms with E-state index < -0.39 is 0 Å².